The first-order chi connectivity index (χ1) is 41.6. The number of esters is 2. The number of nitrogens with zero attached hydrogens (tertiary/aromatic N) is 1. The zero-order chi connectivity index (χ0) is 61.9. The summed E-state index contributed by atoms with van der Waals surface area (Å²) < 4.78 is 23.0. The lowest BCUT2D eigenvalue weighted by molar-refractivity contribution is -0.870. The standard InChI is InChI=1S/C76H129NO8/c1-6-8-10-12-14-16-18-20-22-24-26-27-28-29-30-31-32-33-34-35-36-37-38-39-40-41-42-43-44-45-46-47-49-51-53-55-57-59-61-63-65-67-74(79)85-72(71-84-76(75(80)81)82-69-68-77(3,4)5)70-83-73(78)66-64-62-60-58-56-54-52-50-48-25-23-21-19-17-15-13-11-9-7-2/h8,10,14,16,20,22,26-27,29-30,32-33,35-36,38-39,41-42,44-45,72,76H,6-7,9,11-13,15,17-19,21,23-25,28,31,34,37,40,43,46-71H2,1-5H3/p+1/b10-8-,16-14-,22-20-,27-26-,30-29-,33-32-,36-35-,39-38-,42-41-,45-44-. The Morgan fingerprint density at radius 3 is 1.00 bits per heavy atom. The number of quaternary nitrogens is 1. The Balaban J connectivity index is 4.13. The largest absolute Gasteiger partial charge is 0.477 e. The number of carboxylic acid groups (broad SMARTS) is 1. The van der Waals surface area contributed by atoms with Crippen molar-refractivity contribution in [1.82, 2.24) is 0 Å². The number of carbonyl (C=O) groups excluding carboxylic acids is 2. The number of allylic oxidation sites excluding steroid dienone is 20. The number of likely N-dealkylation sites (N-methyl/N-ethyl adjacent to an activating group) is 1. The summed E-state index contributed by atoms with van der Waals surface area (Å²) in [4.78, 5) is 37.6. The lowest BCUT2D eigenvalue weighted by atomic mass is 10.0. The summed E-state index contributed by atoms with van der Waals surface area (Å²) in [5.41, 5.74) is 0. The maximum atomic E-state index is 12.9. The number of carbonyl (C=O) groups is 3. The molecule has 2 atom stereocenters. The number of hydrogen-bond acceptors (Lipinski definition) is 7. The first-order valence-corrected chi connectivity index (χ1v) is 34.7. The normalized spacial score (nSPS) is 13.5. The molecule has 0 fully saturated rings. The van der Waals surface area contributed by atoms with Crippen LogP contribution < -0.4 is 0 Å². The molecule has 0 saturated heterocycles. The van der Waals surface area contributed by atoms with Crippen molar-refractivity contribution in [3.63, 3.8) is 0 Å². The van der Waals surface area contributed by atoms with Crippen LogP contribution >= 0.6 is 0 Å². The molecular formula is C76H130NO8+. The number of rotatable bonds is 63. The predicted octanol–water partition coefficient (Wildman–Crippen LogP) is 21.6. The topological polar surface area (TPSA) is 108 Å². The number of carboxylic acids is 1. The first-order valence-electron chi connectivity index (χ1n) is 34.7. The van der Waals surface area contributed by atoms with E-state index >= 15 is 0 Å². The Morgan fingerprint density at radius 1 is 0.365 bits per heavy atom. The molecule has 0 aliphatic carbocycles. The van der Waals surface area contributed by atoms with Crippen LogP contribution in [0.4, 0.5) is 0 Å². The Hall–Kier alpha value is -4.31. The molecule has 0 aliphatic rings. The second-order valence-corrected chi connectivity index (χ2v) is 24.1. The van der Waals surface area contributed by atoms with Crippen molar-refractivity contribution in [2.45, 2.75) is 296 Å². The predicted molar refractivity (Wildman–Crippen MR) is 364 cm³/mol. The quantitative estimate of drug-likeness (QED) is 0.0211. The molecule has 9 nitrogen and oxygen atoms in total. The molecule has 9 heteroatoms. The van der Waals surface area contributed by atoms with E-state index in [-0.39, 0.29) is 32.2 Å². The highest BCUT2D eigenvalue weighted by atomic mass is 16.7. The van der Waals surface area contributed by atoms with Crippen molar-refractivity contribution in [1.29, 1.82) is 0 Å². The number of ether oxygens (including phenoxy) is 4. The van der Waals surface area contributed by atoms with Gasteiger partial charge in [0.25, 0.3) is 6.29 Å². The SMILES string of the molecule is CC/C=C\C/C=C\C/C=C\C/C=C\C/C=C\C/C=C\C/C=C\C/C=C\C/C=C\C/C=C\CCCCCCCCCCCCC(=O)OC(COC(=O)CCCCCCCCCCCCCCCCCCCCC)COC(OCC[N+](C)(C)C)C(=O)O. The van der Waals surface area contributed by atoms with Crippen molar-refractivity contribution in [2.75, 3.05) is 47.5 Å². The molecule has 0 aromatic carbocycles. The van der Waals surface area contributed by atoms with Crippen LogP contribution in [0.1, 0.15) is 284 Å². The maximum Gasteiger partial charge on any atom is 0.361 e. The second-order valence-electron chi connectivity index (χ2n) is 24.1. The lowest BCUT2D eigenvalue weighted by Crippen LogP contribution is -2.40. The van der Waals surface area contributed by atoms with E-state index < -0.39 is 24.3 Å². The van der Waals surface area contributed by atoms with Crippen LogP contribution in [0.5, 0.6) is 0 Å². The zero-order valence-corrected chi connectivity index (χ0v) is 55.5. The van der Waals surface area contributed by atoms with Crippen molar-refractivity contribution < 1.29 is 42.9 Å². The van der Waals surface area contributed by atoms with Gasteiger partial charge in [-0.1, -0.05) is 302 Å². The summed E-state index contributed by atoms with van der Waals surface area (Å²) in [6.45, 7) is 4.78. The highest BCUT2D eigenvalue weighted by Crippen LogP contribution is 2.17. The summed E-state index contributed by atoms with van der Waals surface area (Å²) in [6.07, 6.45) is 90.2. The van der Waals surface area contributed by atoms with Gasteiger partial charge in [-0.3, -0.25) is 9.59 Å². The fourth-order valence-electron chi connectivity index (χ4n) is 9.46. The van der Waals surface area contributed by atoms with E-state index in [0.29, 0.717) is 23.9 Å². The molecule has 0 amide bonds. The smallest absolute Gasteiger partial charge is 0.361 e. The van der Waals surface area contributed by atoms with Crippen molar-refractivity contribution in [3.05, 3.63) is 122 Å². The van der Waals surface area contributed by atoms with Crippen molar-refractivity contribution in [2.24, 2.45) is 0 Å². The maximum absolute atomic E-state index is 12.9. The van der Waals surface area contributed by atoms with Crippen LogP contribution in [0.3, 0.4) is 0 Å². The van der Waals surface area contributed by atoms with Gasteiger partial charge in [-0.15, -0.1) is 0 Å². The minimum absolute atomic E-state index is 0.184. The molecule has 0 rings (SSSR count). The Labute approximate surface area is 523 Å². The molecule has 0 aromatic heterocycles. The average Bonchev–Trinajstić information content (AvgIpc) is 3.49. The molecule has 486 valence electrons. The van der Waals surface area contributed by atoms with Gasteiger partial charge in [0.15, 0.2) is 6.10 Å². The molecule has 0 heterocycles. The molecule has 0 spiro atoms. The van der Waals surface area contributed by atoms with Gasteiger partial charge in [-0.25, -0.2) is 4.79 Å². The molecular weight excluding hydrogens is 1050 g/mol. The van der Waals surface area contributed by atoms with Crippen molar-refractivity contribution >= 4 is 17.9 Å². The van der Waals surface area contributed by atoms with Gasteiger partial charge in [0.05, 0.1) is 34.4 Å². The van der Waals surface area contributed by atoms with E-state index in [0.717, 1.165) is 109 Å². The molecule has 0 aromatic rings. The fraction of sp³-hybridized carbons (Fsp3) is 0.697. The Kier molecular flexibility index (Phi) is 62.3. The summed E-state index contributed by atoms with van der Waals surface area (Å²) in [5.74, 6) is -2.01. The van der Waals surface area contributed by atoms with Gasteiger partial charge in [-0.2, -0.15) is 0 Å². The number of unbranched alkanes of at least 4 members (excludes halogenated alkanes) is 28. The van der Waals surface area contributed by atoms with E-state index in [1.54, 1.807) is 0 Å². The zero-order valence-electron chi connectivity index (χ0n) is 55.5. The van der Waals surface area contributed by atoms with Gasteiger partial charge in [-0.05, 0) is 89.9 Å². The monoisotopic (exact) mass is 1180 g/mol. The molecule has 85 heavy (non-hydrogen) atoms. The van der Waals surface area contributed by atoms with E-state index in [9.17, 15) is 19.5 Å². The highest BCUT2D eigenvalue weighted by molar-refractivity contribution is 5.71. The lowest BCUT2D eigenvalue weighted by Gasteiger charge is -2.25. The Morgan fingerprint density at radius 2 is 0.671 bits per heavy atom. The van der Waals surface area contributed by atoms with Crippen molar-refractivity contribution in [3.8, 4) is 0 Å². The fourth-order valence-corrected chi connectivity index (χ4v) is 9.46. The van der Waals surface area contributed by atoms with Gasteiger partial charge in [0, 0.05) is 12.8 Å². The van der Waals surface area contributed by atoms with Crippen LogP contribution in [0.2, 0.25) is 0 Å². The molecule has 2 unspecified atom stereocenters. The van der Waals surface area contributed by atoms with E-state index in [1.807, 2.05) is 21.1 Å². The average molecular weight is 1190 g/mol. The summed E-state index contributed by atoms with van der Waals surface area (Å²) in [6, 6.07) is 0. The minimum Gasteiger partial charge on any atom is -0.477 e. The molecule has 1 N–H and O–H groups in total. The molecule has 0 saturated carbocycles. The van der Waals surface area contributed by atoms with E-state index in [2.05, 4.69) is 135 Å². The van der Waals surface area contributed by atoms with Crippen LogP contribution in [0, 0.1) is 0 Å². The van der Waals surface area contributed by atoms with E-state index in [1.165, 1.54) is 141 Å². The molecule has 0 bridgehead atoms. The third kappa shape index (κ3) is 67.1. The number of aliphatic carboxylic acids is 1. The summed E-state index contributed by atoms with van der Waals surface area (Å²) >= 11 is 0. The van der Waals surface area contributed by atoms with Crippen LogP contribution in [-0.2, 0) is 33.3 Å². The molecule has 0 aliphatic heterocycles. The second kappa shape index (κ2) is 65.7. The van der Waals surface area contributed by atoms with Crippen LogP contribution in [-0.4, -0.2) is 87.4 Å². The van der Waals surface area contributed by atoms with E-state index in [4.69, 9.17) is 18.9 Å². The van der Waals surface area contributed by atoms with Crippen LogP contribution in [0.25, 0.3) is 0 Å². The third-order valence-electron chi connectivity index (χ3n) is 14.7. The van der Waals surface area contributed by atoms with Crippen LogP contribution in [0.15, 0.2) is 122 Å². The summed E-state index contributed by atoms with van der Waals surface area (Å²) in [5, 5.41) is 9.73. The van der Waals surface area contributed by atoms with Gasteiger partial charge < -0.3 is 28.5 Å². The third-order valence-corrected chi connectivity index (χ3v) is 14.7. The molecule has 0 radical (unpaired) electrons. The van der Waals surface area contributed by atoms with Gasteiger partial charge >= 0.3 is 17.9 Å². The minimum atomic E-state index is -1.52. The number of hydrogen-bond donors (Lipinski definition) is 1. The first kappa shape index (κ1) is 80.7. The van der Waals surface area contributed by atoms with Gasteiger partial charge in [0.2, 0.25) is 0 Å². The highest BCUT2D eigenvalue weighted by Gasteiger charge is 2.25. The summed E-state index contributed by atoms with van der Waals surface area (Å²) in [7, 11) is 5.97. The Bertz CT molecular complexity index is 1810. The van der Waals surface area contributed by atoms with Gasteiger partial charge in [0.1, 0.15) is 13.2 Å².